The van der Waals surface area contributed by atoms with Gasteiger partial charge >= 0.3 is 0 Å². The molecule has 0 bridgehead atoms. The molecule has 1 aromatic heterocycles. The molecule has 3 N–H and O–H groups in total. The quantitative estimate of drug-likeness (QED) is 0.723. The number of carbonyl (C=O) groups excluding carboxylic acids is 2. The van der Waals surface area contributed by atoms with Gasteiger partial charge in [-0.1, -0.05) is 6.07 Å². The molecule has 0 aliphatic carbocycles. The maximum atomic E-state index is 12.4. The van der Waals surface area contributed by atoms with Crippen LogP contribution < -0.4 is 10.6 Å². The molecule has 1 aliphatic rings. The van der Waals surface area contributed by atoms with Crippen molar-refractivity contribution in [3.8, 4) is 5.75 Å². The summed E-state index contributed by atoms with van der Waals surface area (Å²) in [4.78, 5) is 27.0. The van der Waals surface area contributed by atoms with E-state index in [1.807, 2.05) is 12.3 Å². The maximum Gasteiger partial charge on any atom is 0.251 e. The number of likely N-dealkylation sites (N-methyl/N-ethyl adjacent to an activating group) is 1. The van der Waals surface area contributed by atoms with Crippen LogP contribution in [0.5, 0.6) is 5.75 Å². The minimum Gasteiger partial charge on any atom is -0.508 e. The zero-order chi connectivity index (χ0) is 18.5. The van der Waals surface area contributed by atoms with Crippen LogP contribution in [-0.2, 0) is 11.3 Å². The highest BCUT2D eigenvalue weighted by molar-refractivity contribution is 7.07. The van der Waals surface area contributed by atoms with Gasteiger partial charge < -0.3 is 15.7 Å². The van der Waals surface area contributed by atoms with Crippen LogP contribution in [0.3, 0.4) is 0 Å². The molecule has 1 aliphatic heterocycles. The van der Waals surface area contributed by atoms with Crippen molar-refractivity contribution in [1.82, 2.24) is 15.5 Å². The fourth-order valence-electron chi connectivity index (χ4n) is 3.28. The number of benzene rings is 1. The molecule has 2 atom stereocenters. The second-order valence-corrected chi connectivity index (χ2v) is 7.21. The summed E-state index contributed by atoms with van der Waals surface area (Å²) >= 11 is 1.63. The monoisotopic (exact) mass is 373 g/mol. The third-order valence-electron chi connectivity index (χ3n) is 4.47. The van der Waals surface area contributed by atoms with Gasteiger partial charge in [0.15, 0.2) is 0 Å². The summed E-state index contributed by atoms with van der Waals surface area (Å²) in [5.74, 6) is -0.182. The number of rotatable bonds is 6. The van der Waals surface area contributed by atoms with Gasteiger partial charge in [-0.3, -0.25) is 14.5 Å². The number of nitrogens with one attached hydrogen (secondary N) is 2. The Balaban J connectivity index is 1.68. The average Bonchev–Trinajstić information content (AvgIpc) is 3.25. The van der Waals surface area contributed by atoms with Gasteiger partial charge in [0.1, 0.15) is 5.75 Å². The lowest BCUT2D eigenvalue weighted by Crippen LogP contribution is -2.42. The van der Waals surface area contributed by atoms with E-state index in [2.05, 4.69) is 27.0 Å². The molecule has 0 saturated carbocycles. The van der Waals surface area contributed by atoms with Gasteiger partial charge in [-0.05, 0) is 53.9 Å². The molecule has 1 fully saturated rings. The SMILES string of the molecule is CCNC(=O)[C@@H]1C[C@H](NC(=O)c2cccc(O)c2)CN1Cc1ccsc1. The summed E-state index contributed by atoms with van der Waals surface area (Å²) in [6.07, 6.45) is 0.570. The molecule has 7 heteroatoms. The van der Waals surface area contributed by atoms with E-state index in [4.69, 9.17) is 0 Å². The molecule has 26 heavy (non-hydrogen) atoms. The van der Waals surface area contributed by atoms with Crippen molar-refractivity contribution in [1.29, 1.82) is 0 Å². The Hall–Kier alpha value is -2.38. The predicted octanol–water partition coefficient (Wildman–Crippen LogP) is 1.96. The number of phenolic OH excluding ortho intramolecular Hbond substituents is 1. The maximum absolute atomic E-state index is 12.4. The highest BCUT2D eigenvalue weighted by Gasteiger charge is 2.37. The van der Waals surface area contributed by atoms with E-state index in [9.17, 15) is 14.7 Å². The molecule has 1 aromatic carbocycles. The van der Waals surface area contributed by atoms with Crippen molar-refractivity contribution in [2.45, 2.75) is 32.0 Å². The number of amides is 2. The summed E-state index contributed by atoms with van der Waals surface area (Å²) in [6.45, 7) is 3.78. The summed E-state index contributed by atoms with van der Waals surface area (Å²) in [7, 11) is 0. The number of nitrogens with zero attached hydrogens (tertiary/aromatic N) is 1. The Morgan fingerprint density at radius 1 is 1.35 bits per heavy atom. The van der Waals surface area contributed by atoms with Crippen molar-refractivity contribution < 1.29 is 14.7 Å². The Bertz CT molecular complexity index is 763. The fraction of sp³-hybridized carbons (Fsp3) is 0.368. The van der Waals surface area contributed by atoms with Crippen LogP contribution >= 0.6 is 11.3 Å². The number of hydrogen-bond acceptors (Lipinski definition) is 5. The van der Waals surface area contributed by atoms with Crippen molar-refractivity contribution >= 4 is 23.2 Å². The van der Waals surface area contributed by atoms with Crippen LogP contribution in [0.15, 0.2) is 41.1 Å². The standard InChI is InChI=1S/C19H23N3O3S/c1-2-20-19(25)17-9-15(11-22(17)10-13-6-7-26-12-13)21-18(24)14-4-3-5-16(23)8-14/h3-8,12,15,17,23H,2,9-11H2,1H3,(H,20,25)(H,21,24)/t15-,17-/m0/s1. The lowest BCUT2D eigenvalue weighted by Gasteiger charge is -2.22. The zero-order valence-electron chi connectivity index (χ0n) is 14.6. The Morgan fingerprint density at radius 2 is 2.19 bits per heavy atom. The third kappa shape index (κ3) is 4.42. The van der Waals surface area contributed by atoms with Gasteiger partial charge in [-0.15, -0.1) is 0 Å². The summed E-state index contributed by atoms with van der Waals surface area (Å²) in [5, 5.41) is 19.5. The first-order chi connectivity index (χ1) is 12.6. The van der Waals surface area contributed by atoms with E-state index in [1.54, 1.807) is 23.5 Å². The molecular weight excluding hydrogens is 350 g/mol. The van der Waals surface area contributed by atoms with Crippen molar-refractivity contribution in [2.75, 3.05) is 13.1 Å². The predicted molar refractivity (Wildman–Crippen MR) is 101 cm³/mol. The highest BCUT2D eigenvalue weighted by atomic mass is 32.1. The molecule has 2 aromatic rings. The van der Waals surface area contributed by atoms with Gasteiger partial charge in [0.25, 0.3) is 5.91 Å². The number of carbonyl (C=O) groups is 2. The van der Waals surface area contributed by atoms with Gasteiger partial charge in [0.05, 0.1) is 6.04 Å². The lowest BCUT2D eigenvalue weighted by atomic mass is 10.1. The Kier molecular flexibility index (Phi) is 5.90. The largest absolute Gasteiger partial charge is 0.508 e. The van der Waals surface area contributed by atoms with Crippen LogP contribution in [0.2, 0.25) is 0 Å². The van der Waals surface area contributed by atoms with Crippen LogP contribution in [0.4, 0.5) is 0 Å². The van der Waals surface area contributed by atoms with E-state index < -0.39 is 0 Å². The van der Waals surface area contributed by atoms with Crippen LogP contribution in [0, 0.1) is 0 Å². The second-order valence-electron chi connectivity index (χ2n) is 6.43. The van der Waals surface area contributed by atoms with E-state index in [0.29, 0.717) is 31.6 Å². The summed E-state index contributed by atoms with van der Waals surface area (Å²) in [6, 6.07) is 7.95. The molecule has 0 spiro atoms. The van der Waals surface area contributed by atoms with Crippen molar-refractivity contribution in [3.05, 3.63) is 52.2 Å². The first-order valence-electron chi connectivity index (χ1n) is 8.69. The highest BCUT2D eigenvalue weighted by Crippen LogP contribution is 2.22. The van der Waals surface area contributed by atoms with E-state index in [1.165, 1.54) is 17.7 Å². The van der Waals surface area contributed by atoms with Gasteiger partial charge in [0, 0.05) is 31.2 Å². The minimum atomic E-state index is -0.260. The van der Waals surface area contributed by atoms with Crippen molar-refractivity contribution in [2.24, 2.45) is 0 Å². The lowest BCUT2D eigenvalue weighted by molar-refractivity contribution is -0.125. The summed E-state index contributed by atoms with van der Waals surface area (Å²) in [5.41, 5.74) is 1.58. The first kappa shape index (κ1) is 18.4. The molecule has 3 rings (SSSR count). The minimum absolute atomic E-state index is 0.00293. The van der Waals surface area contributed by atoms with E-state index in [-0.39, 0.29) is 29.6 Å². The van der Waals surface area contributed by atoms with E-state index >= 15 is 0 Å². The fourth-order valence-corrected chi connectivity index (χ4v) is 3.94. The number of phenols is 1. The van der Waals surface area contributed by atoms with E-state index in [0.717, 1.165) is 0 Å². The molecule has 1 saturated heterocycles. The van der Waals surface area contributed by atoms with Crippen LogP contribution in [-0.4, -0.2) is 47.0 Å². The first-order valence-corrected chi connectivity index (χ1v) is 9.64. The summed E-state index contributed by atoms with van der Waals surface area (Å²) < 4.78 is 0. The number of aromatic hydroxyl groups is 1. The number of hydrogen-bond donors (Lipinski definition) is 3. The van der Waals surface area contributed by atoms with Crippen molar-refractivity contribution in [3.63, 3.8) is 0 Å². The average molecular weight is 373 g/mol. The van der Waals surface area contributed by atoms with Crippen LogP contribution in [0.1, 0.15) is 29.3 Å². The second kappa shape index (κ2) is 8.33. The van der Waals surface area contributed by atoms with Crippen LogP contribution in [0.25, 0.3) is 0 Å². The number of likely N-dealkylation sites (tertiary alicyclic amines) is 1. The Morgan fingerprint density at radius 3 is 2.88 bits per heavy atom. The van der Waals surface area contributed by atoms with Gasteiger partial charge in [0.2, 0.25) is 5.91 Å². The zero-order valence-corrected chi connectivity index (χ0v) is 15.5. The molecule has 2 amide bonds. The molecule has 0 radical (unpaired) electrons. The molecule has 138 valence electrons. The third-order valence-corrected chi connectivity index (χ3v) is 5.20. The number of thiophene rings is 1. The molecule has 6 nitrogen and oxygen atoms in total. The molecule has 0 unspecified atom stereocenters. The normalized spacial score (nSPS) is 20.0. The Labute approximate surface area is 156 Å². The topological polar surface area (TPSA) is 81.7 Å². The molecular formula is C19H23N3O3S. The van der Waals surface area contributed by atoms with Gasteiger partial charge in [-0.25, -0.2) is 0 Å². The smallest absolute Gasteiger partial charge is 0.251 e. The molecule has 2 heterocycles. The van der Waals surface area contributed by atoms with Gasteiger partial charge in [-0.2, -0.15) is 11.3 Å².